The minimum Gasteiger partial charge on any atom is -0.368 e. The van der Waals surface area contributed by atoms with Crippen molar-refractivity contribution in [1.82, 2.24) is 25.4 Å². The van der Waals surface area contributed by atoms with Gasteiger partial charge in [-0.1, -0.05) is 43.5 Å². The van der Waals surface area contributed by atoms with Crippen molar-refractivity contribution < 1.29 is 19.2 Å². The second-order valence-electron chi connectivity index (χ2n) is 9.76. The lowest BCUT2D eigenvalue weighted by Crippen LogP contribution is -2.65. The van der Waals surface area contributed by atoms with Crippen LogP contribution in [-0.4, -0.2) is 76.4 Å². The second-order valence-corrected chi connectivity index (χ2v) is 9.76. The van der Waals surface area contributed by atoms with Gasteiger partial charge in [-0.25, -0.2) is 9.59 Å². The average molecular weight is 522 g/mol. The van der Waals surface area contributed by atoms with Crippen molar-refractivity contribution in [3.63, 3.8) is 0 Å². The van der Waals surface area contributed by atoms with Crippen molar-refractivity contribution in [2.75, 3.05) is 25.0 Å². The Bertz CT molecular complexity index is 1110. The van der Waals surface area contributed by atoms with Gasteiger partial charge in [0.25, 0.3) is 0 Å². The molecule has 4 rings (SSSR count). The molecule has 1 aliphatic heterocycles. The van der Waals surface area contributed by atoms with Crippen LogP contribution in [0.5, 0.6) is 0 Å². The number of urea groups is 2. The molecule has 0 radical (unpaired) electrons. The zero-order valence-electron chi connectivity index (χ0n) is 21.3. The van der Waals surface area contributed by atoms with Crippen molar-refractivity contribution in [3.05, 3.63) is 60.4 Å². The largest absolute Gasteiger partial charge is 0.368 e. The number of benzene rings is 1. The second kappa shape index (κ2) is 12.9. The Morgan fingerprint density at radius 3 is 2.42 bits per heavy atom. The molecular formula is C27H35N7O4. The summed E-state index contributed by atoms with van der Waals surface area (Å²) in [6.45, 7) is 0.402. The fraction of sp³-hybridized carbons (Fsp3) is 0.444. The Morgan fingerprint density at radius 2 is 1.74 bits per heavy atom. The van der Waals surface area contributed by atoms with Gasteiger partial charge >= 0.3 is 12.1 Å². The third kappa shape index (κ3) is 7.21. The third-order valence-corrected chi connectivity index (χ3v) is 7.01. The van der Waals surface area contributed by atoms with Crippen LogP contribution in [0.15, 0.2) is 54.9 Å². The van der Waals surface area contributed by atoms with E-state index in [1.165, 1.54) is 9.80 Å². The smallest absolute Gasteiger partial charge is 0.321 e. The van der Waals surface area contributed by atoms with Gasteiger partial charge in [-0.2, -0.15) is 0 Å². The van der Waals surface area contributed by atoms with Gasteiger partial charge in [-0.3, -0.25) is 14.6 Å². The maximum Gasteiger partial charge on any atom is 0.321 e. The van der Waals surface area contributed by atoms with Gasteiger partial charge in [0.15, 0.2) is 0 Å². The Morgan fingerprint density at radius 1 is 0.974 bits per heavy atom. The number of rotatable bonds is 7. The van der Waals surface area contributed by atoms with Crippen molar-refractivity contribution in [2.45, 2.75) is 56.7 Å². The molecule has 2 atom stereocenters. The summed E-state index contributed by atoms with van der Waals surface area (Å²) in [5.74, 6) is -1.25. The first-order valence-electron chi connectivity index (χ1n) is 13.1. The molecule has 1 saturated carbocycles. The molecule has 1 aromatic heterocycles. The number of piperazine rings is 1. The molecule has 2 heterocycles. The van der Waals surface area contributed by atoms with Crippen LogP contribution in [0.2, 0.25) is 0 Å². The quantitative estimate of drug-likeness (QED) is 0.439. The highest BCUT2D eigenvalue weighted by atomic mass is 16.2. The van der Waals surface area contributed by atoms with E-state index in [0.717, 1.165) is 37.7 Å². The first-order valence-corrected chi connectivity index (χ1v) is 13.1. The average Bonchev–Trinajstić information content (AvgIpc) is 2.94. The fourth-order valence-electron chi connectivity index (χ4n) is 4.91. The molecule has 38 heavy (non-hydrogen) atoms. The first-order chi connectivity index (χ1) is 18.4. The molecule has 2 fully saturated rings. The lowest BCUT2D eigenvalue weighted by atomic mass is 9.95. The van der Waals surface area contributed by atoms with E-state index in [0.29, 0.717) is 5.69 Å². The van der Waals surface area contributed by atoms with Gasteiger partial charge in [0.05, 0.1) is 6.54 Å². The fourth-order valence-corrected chi connectivity index (χ4v) is 4.91. The Kier molecular flexibility index (Phi) is 9.12. The number of anilines is 1. The highest BCUT2D eigenvalue weighted by Gasteiger charge is 2.39. The van der Waals surface area contributed by atoms with Gasteiger partial charge in [-0.05, 0) is 36.6 Å². The zero-order valence-corrected chi connectivity index (χ0v) is 21.3. The minimum absolute atomic E-state index is 0.0268. The zero-order chi connectivity index (χ0) is 26.9. The highest BCUT2D eigenvalue weighted by Crippen LogP contribution is 2.19. The van der Waals surface area contributed by atoms with E-state index in [2.05, 4.69) is 20.9 Å². The lowest BCUT2D eigenvalue weighted by Gasteiger charge is -2.41. The van der Waals surface area contributed by atoms with Gasteiger partial charge < -0.3 is 31.5 Å². The predicted molar refractivity (Wildman–Crippen MR) is 142 cm³/mol. The number of aromatic nitrogens is 1. The van der Waals surface area contributed by atoms with E-state index in [-0.39, 0.29) is 44.2 Å². The first kappa shape index (κ1) is 26.9. The van der Waals surface area contributed by atoms with Gasteiger partial charge in [-0.15, -0.1) is 0 Å². The van der Waals surface area contributed by atoms with Crippen LogP contribution in [0.1, 0.15) is 37.7 Å². The molecule has 0 spiro atoms. The van der Waals surface area contributed by atoms with E-state index >= 15 is 0 Å². The number of amides is 6. The van der Waals surface area contributed by atoms with Crippen molar-refractivity contribution in [3.8, 4) is 0 Å². The van der Waals surface area contributed by atoms with Crippen LogP contribution >= 0.6 is 0 Å². The summed E-state index contributed by atoms with van der Waals surface area (Å²) >= 11 is 0. The van der Waals surface area contributed by atoms with E-state index < -0.39 is 23.9 Å². The number of nitrogens with two attached hydrogens (primary N) is 1. The predicted octanol–water partition coefficient (Wildman–Crippen LogP) is 1.85. The van der Waals surface area contributed by atoms with E-state index in [9.17, 15) is 19.2 Å². The van der Waals surface area contributed by atoms with Gasteiger partial charge in [0.2, 0.25) is 11.8 Å². The Labute approximate surface area is 222 Å². The van der Waals surface area contributed by atoms with E-state index in [1.807, 2.05) is 18.2 Å². The summed E-state index contributed by atoms with van der Waals surface area (Å²) in [5, 5.41) is 8.60. The minimum atomic E-state index is -0.997. The number of hydrogen-bond donors (Lipinski definition) is 4. The van der Waals surface area contributed by atoms with Crippen LogP contribution < -0.4 is 21.7 Å². The topological polar surface area (TPSA) is 150 Å². The van der Waals surface area contributed by atoms with Gasteiger partial charge in [0.1, 0.15) is 12.1 Å². The summed E-state index contributed by atoms with van der Waals surface area (Å²) in [6, 6.07) is 9.88. The molecule has 202 valence electrons. The summed E-state index contributed by atoms with van der Waals surface area (Å²) in [4.78, 5) is 59.0. The van der Waals surface area contributed by atoms with Gasteiger partial charge in [0, 0.05) is 43.6 Å². The molecule has 0 bridgehead atoms. The number of para-hydroxylation sites is 1. The maximum absolute atomic E-state index is 13.5. The summed E-state index contributed by atoms with van der Waals surface area (Å²) in [6.07, 6.45) is 8.43. The molecule has 0 unspecified atom stereocenters. The molecule has 11 nitrogen and oxygen atoms in total. The summed E-state index contributed by atoms with van der Waals surface area (Å²) in [5.41, 5.74) is 6.96. The number of nitrogens with zero attached hydrogens (tertiary/aromatic N) is 3. The molecule has 11 heteroatoms. The lowest BCUT2D eigenvalue weighted by molar-refractivity contribution is -0.131. The number of carbonyl (C=O) groups is 4. The number of nitrogens with one attached hydrogen (secondary N) is 3. The van der Waals surface area contributed by atoms with Crippen molar-refractivity contribution >= 4 is 29.6 Å². The Hall–Kier alpha value is -4.15. The third-order valence-electron chi connectivity index (χ3n) is 7.01. The van der Waals surface area contributed by atoms with Crippen LogP contribution in [0.3, 0.4) is 0 Å². The monoisotopic (exact) mass is 521 g/mol. The molecular weight excluding hydrogens is 486 g/mol. The van der Waals surface area contributed by atoms with Crippen LogP contribution in [0.4, 0.5) is 15.3 Å². The van der Waals surface area contributed by atoms with Crippen molar-refractivity contribution in [2.24, 2.45) is 5.73 Å². The standard InChI is InChI=1S/C27H35N7O4/c28-24(35)22(16-19-8-7-13-29-17-19)32-25(36)23-18-33(26(37)30-20-9-3-1-4-10-20)14-15-34(23)27(38)31-21-11-5-2-6-12-21/h1,3-4,7-10,13,17,21-23H,2,5-6,11-12,14-16,18H2,(H2,28,35)(H,30,37)(H,31,38)(H,32,36)/t22-,23-/m1/s1. The molecule has 1 aromatic carbocycles. The number of hydrogen-bond acceptors (Lipinski definition) is 5. The van der Waals surface area contributed by atoms with Crippen molar-refractivity contribution in [1.29, 1.82) is 0 Å². The molecule has 1 aliphatic carbocycles. The summed E-state index contributed by atoms with van der Waals surface area (Å²) < 4.78 is 0. The number of pyridine rings is 1. The summed E-state index contributed by atoms with van der Waals surface area (Å²) in [7, 11) is 0. The molecule has 6 amide bonds. The maximum atomic E-state index is 13.5. The van der Waals surface area contributed by atoms with E-state index in [1.54, 1.807) is 36.7 Å². The number of carbonyl (C=O) groups excluding carboxylic acids is 4. The molecule has 2 aliphatic rings. The normalized spacial score (nSPS) is 18.8. The SMILES string of the molecule is NC(=O)[C@@H](Cc1cccnc1)NC(=O)[C@H]1CN(C(=O)Nc2ccccc2)CCN1C(=O)NC1CCCCC1. The highest BCUT2D eigenvalue weighted by molar-refractivity contribution is 5.94. The van der Waals surface area contributed by atoms with Crippen LogP contribution in [0.25, 0.3) is 0 Å². The van der Waals surface area contributed by atoms with E-state index in [4.69, 9.17) is 5.73 Å². The molecule has 5 N–H and O–H groups in total. The number of primary amides is 1. The molecule has 2 aromatic rings. The molecule has 1 saturated heterocycles. The Balaban J connectivity index is 1.48. The van der Waals surface area contributed by atoms with Crippen LogP contribution in [-0.2, 0) is 16.0 Å². The van der Waals surface area contributed by atoms with Crippen LogP contribution in [0, 0.1) is 0 Å².